The Bertz CT molecular complexity index is 406. The summed E-state index contributed by atoms with van der Waals surface area (Å²) in [4.78, 5) is 0. The summed E-state index contributed by atoms with van der Waals surface area (Å²) in [6, 6.07) is 9.07. The lowest BCUT2D eigenvalue weighted by Gasteiger charge is -2.26. The van der Waals surface area contributed by atoms with Gasteiger partial charge in [-0.25, -0.2) is 0 Å². The van der Waals surface area contributed by atoms with E-state index >= 15 is 0 Å². The van der Waals surface area contributed by atoms with Crippen LogP contribution in [0.25, 0.3) is 0 Å². The van der Waals surface area contributed by atoms with E-state index in [0.29, 0.717) is 0 Å². The average Bonchev–Trinajstić information content (AvgIpc) is 2.53. The molecule has 1 fully saturated rings. The van der Waals surface area contributed by atoms with E-state index in [4.69, 9.17) is 0 Å². The van der Waals surface area contributed by atoms with Gasteiger partial charge in [-0.05, 0) is 55.2 Å². The smallest absolute Gasteiger partial charge is 0.00202 e. The van der Waals surface area contributed by atoms with Crippen molar-refractivity contribution in [1.29, 1.82) is 0 Å². The molecule has 1 N–H and O–H groups in total. The van der Waals surface area contributed by atoms with Crippen molar-refractivity contribution in [1.82, 2.24) is 5.32 Å². The van der Waals surface area contributed by atoms with E-state index in [1.54, 1.807) is 11.1 Å². The molecular formula is C19H29N. The van der Waals surface area contributed by atoms with E-state index < -0.39 is 0 Å². The Morgan fingerprint density at radius 1 is 0.950 bits per heavy atom. The van der Waals surface area contributed by atoms with Gasteiger partial charge in [-0.15, -0.1) is 0 Å². The molecule has 0 saturated heterocycles. The minimum atomic E-state index is 0.756. The standard InChI is InChI=1S/C19H29N/c1-2-7-16(8-3-1)13-14-20-15-18-11-6-10-17-9-4-5-12-19(17)18/h4-5,9,12,16,18,20H,1-3,6-8,10-11,13-15H2. The van der Waals surface area contributed by atoms with Crippen molar-refractivity contribution in [2.75, 3.05) is 13.1 Å². The summed E-state index contributed by atoms with van der Waals surface area (Å²) >= 11 is 0. The van der Waals surface area contributed by atoms with Crippen LogP contribution in [0.4, 0.5) is 0 Å². The molecule has 2 aliphatic rings. The minimum Gasteiger partial charge on any atom is -0.316 e. The number of benzene rings is 1. The van der Waals surface area contributed by atoms with Gasteiger partial charge in [0.05, 0.1) is 0 Å². The van der Waals surface area contributed by atoms with Crippen LogP contribution in [-0.2, 0) is 6.42 Å². The van der Waals surface area contributed by atoms with Gasteiger partial charge in [0.1, 0.15) is 0 Å². The summed E-state index contributed by atoms with van der Waals surface area (Å²) < 4.78 is 0. The first-order chi connectivity index (χ1) is 9.93. The highest BCUT2D eigenvalue weighted by molar-refractivity contribution is 5.32. The highest BCUT2D eigenvalue weighted by atomic mass is 14.9. The van der Waals surface area contributed by atoms with Crippen LogP contribution in [-0.4, -0.2) is 13.1 Å². The predicted molar refractivity (Wildman–Crippen MR) is 86.2 cm³/mol. The molecule has 1 atom stereocenters. The molecule has 0 bridgehead atoms. The molecule has 0 aromatic heterocycles. The Kier molecular flexibility index (Phi) is 5.13. The van der Waals surface area contributed by atoms with Gasteiger partial charge in [0.15, 0.2) is 0 Å². The molecule has 1 nitrogen and oxygen atoms in total. The second kappa shape index (κ2) is 7.26. The number of hydrogen-bond acceptors (Lipinski definition) is 1. The third kappa shape index (κ3) is 3.63. The van der Waals surface area contributed by atoms with E-state index in [9.17, 15) is 0 Å². The molecule has 3 rings (SSSR count). The molecule has 20 heavy (non-hydrogen) atoms. The largest absolute Gasteiger partial charge is 0.316 e. The van der Waals surface area contributed by atoms with Crippen molar-refractivity contribution < 1.29 is 0 Å². The second-order valence-electron chi connectivity index (χ2n) is 6.78. The first-order valence-electron chi connectivity index (χ1n) is 8.72. The van der Waals surface area contributed by atoms with Gasteiger partial charge in [0, 0.05) is 6.54 Å². The zero-order valence-electron chi connectivity index (χ0n) is 12.7. The molecule has 1 saturated carbocycles. The van der Waals surface area contributed by atoms with Crippen LogP contribution in [0.2, 0.25) is 0 Å². The zero-order valence-corrected chi connectivity index (χ0v) is 12.7. The van der Waals surface area contributed by atoms with Gasteiger partial charge < -0.3 is 5.32 Å². The molecule has 1 heteroatoms. The fraction of sp³-hybridized carbons (Fsp3) is 0.684. The Morgan fingerprint density at radius 3 is 2.70 bits per heavy atom. The van der Waals surface area contributed by atoms with Gasteiger partial charge in [-0.3, -0.25) is 0 Å². The van der Waals surface area contributed by atoms with E-state index in [1.807, 2.05) is 0 Å². The fourth-order valence-corrected chi connectivity index (χ4v) is 4.12. The first-order valence-corrected chi connectivity index (χ1v) is 8.72. The van der Waals surface area contributed by atoms with Gasteiger partial charge >= 0.3 is 0 Å². The third-order valence-electron chi connectivity index (χ3n) is 5.34. The molecule has 1 aromatic carbocycles. The van der Waals surface area contributed by atoms with Crippen LogP contribution >= 0.6 is 0 Å². The fourth-order valence-electron chi connectivity index (χ4n) is 4.12. The van der Waals surface area contributed by atoms with Gasteiger partial charge in [0.25, 0.3) is 0 Å². The van der Waals surface area contributed by atoms with Crippen molar-refractivity contribution in [3.8, 4) is 0 Å². The van der Waals surface area contributed by atoms with Crippen molar-refractivity contribution in [2.24, 2.45) is 5.92 Å². The lowest BCUT2D eigenvalue weighted by Crippen LogP contribution is -2.26. The Labute approximate surface area is 124 Å². The second-order valence-corrected chi connectivity index (χ2v) is 6.78. The lowest BCUT2D eigenvalue weighted by atomic mass is 9.82. The quantitative estimate of drug-likeness (QED) is 0.768. The monoisotopic (exact) mass is 271 g/mol. The molecule has 2 aliphatic carbocycles. The zero-order chi connectivity index (χ0) is 13.6. The first kappa shape index (κ1) is 14.1. The molecule has 0 aliphatic heterocycles. The minimum absolute atomic E-state index is 0.756. The number of hydrogen-bond donors (Lipinski definition) is 1. The number of rotatable bonds is 5. The van der Waals surface area contributed by atoms with Crippen LogP contribution in [0.1, 0.15) is 68.4 Å². The summed E-state index contributed by atoms with van der Waals surface area (Å²) in [7, 11) is 0. The Morgan fingerprint density at radius 2 is 1.80 bits per heavy atom. The van der Waals surface area contributed by atoms with Crippen molar-refractivity contribution in [3.63, 3.8) is 0 Å². The molecule has 1 unspecified atom stereocenters. The van der Waals surface area contributed by atoms with Crippen LogP contribution in [0.3, 0.4) is 0 Å². The van der Waals surface area contributed by atoms with Crippen molar-refractivity contribution in [3.05, 3.63) is 35.4 Å². The summed E-state index contributed by atoms with van der Waals surface area (Å²) in [5.41, 5.74) is 3.21. The molecule has 0 spiro atoms. The van der Waals surface area contributed by atoms with Gasteiger partial charge in [-0.2, -0.15) is 0 Å². The van der Waals surface area contributed by atoms with Crippen LogP contribution < -0.4 is 5.32 Å². The summed E-state index contributed by atoms with van der Waals surface area (Å²) in [6.45, 7) is 2.41. The SMILES string of the molecule is c1ccc2c(c1)CCCC2CNCCC1CCCCC1. The maximum atomic E-state index is 3.74. The average molecular weight is 271 g/mol. The number of fused-ring (bicyclic) bond motifs is 1. The Balaban J connectivity index is 1.43. The number of nitrogens with one attached hydrogen (secondary N) is 1. The Hall–Kier alpha value is -0.820. The van der Waals surface area contributed by atoms with Crippen molar-refractivity contribution >= 4 is 0 Å². The maximum absolute atomic E-state index is 3.74. The highest BCUT2D eigenvalue weighted by Gasteiger charge is 2.19. The predicted octanol–water partition coefficient (Wildman–Crippen LogP) is 4.67. The van der Waals surface area contributed by atoms with Gasteiger partial charge in [-0.1, -0.05) is 56.4 Å². The maximum Gasteiger partial charge on any atom is 0.00202 e. The molecule has 110 valence electrons. The molecular weight excluding hydrogens is 242 g/mol. The topological polar surface area (TPSA) is 12.0 Å². The normalized spacial score (nSPS) is 23.5. The molecule has 0 radical (unpaired) electrons. The molecule has 1 aromatic rings. The molecule has 0 amide bonds. The van der Waals surface area contributed by atoms with Gasteiger partial charge in [0.2, 0.25) is 0 Å². The van der Waals surface area contributed by atoms with Crippen molar-refractivity contribution in [2.45, 2.75) is 63.7 Å². The lowest BCUT2D eigenvalue weighted by molar-refractivity contribution is 0.332. The van der Waals surface area contributed by atoms with E-state index in [1.165, 1.54) is 70.9 Å². The van der Waals surface area contributed by atoms with E-state index in [0.717, 1.165) is 11.8 Å². The highest BCUT2D eigenvalue weighted by Crippen LogP contribution is 2.31. The van der Waals surface area contributed by atoms with E-state index in [2.05, 4.69) is 29.6 Å². The van der Waals surface area contributed by atoms with Crippen LogP contribution in [0.5, 0.6) is 0 Å². The molecule has 0 heterocycles. The summed E-state index contributed by atoms with van der Waals surface area (Å²) in [5.74, 6) is 1.76. The third-order valence-corrected chi connectivity index (χ3v) is 5.34. The summed E-state index contributed by atoms with van der Waals surface area (Å²) in [5, 5.41) is 3.74. The van der Waals surface area contributed by atoms with Crippen LogP contribution in [0.15, 0.2) is 24.3 Å². The van der Waals surface area contributed by atoms with Crippen LogP contribution in [0, 0.1) is 5.92 Å². The summed E-state index contributed by atoms with van der Waals surface area (Å²) in [6.07, 6.45) is 12.8. The van der Waals surface area contributed by atoms with E-state index in [-0.39, 0.29) is 0 Å². The number of aryl methyl sites for hydroxylation is 1.